The van der Waals surface area contributed by atoms with Crippen molar-refractivity contribution in [3.63, 3.8) is 0 Å². The second-order valence-electron chi connectivity index (χ2n) is 3.67. The summed E-state index contributed by atoms with van der Waals surface area (Å²) >= 11 is 3.50. The number of nitrogens with one attached hydrogen (secondary N) is 1. The highest BCUT2D eigenvalue weighted by atomic mass is 79.9. The molecule has 1 unspecified atom stereocenters. The van der Waals surface area contributed by atoms with Gasteiger partial charge in [0.25, 0.3) is 0 Å². The van der Waals surface area contributed by atoms with Crippen LogP contribution in [0.1, 0.15) is 23.3 Å². The van der Waals surface area contributed by atoms with Gasteiger partial charge in [0.05, 0.1) is 16.4 Å². The lowest BCUT2D eigenvalue weighted by Crippen LogP contribution is -2.20. The third-order valence-corrected chi connectivity index (χ3v) is 3.16. The van der Waals surface area contributed by atoms with Crippen molar-refractivity contribution >= 4 is 15.9 Å². The van der Waals surface area contributed by atoms with Crippen LogP contribution in [0, 0.1) is 6.92 Å². The quantitative estimate of drug-likeness (QED) is 0.941. The average molecular weight is 284 g/mol. The van der Waals surface area contributed by atoms with Crippen LogP contribution in [-0.4, -0.2) is 16.8 Å². The van der Waals surface area contributed by atoms with Crippen molar-refractivity contribution in [2.75, 3.05) is 7.05 Å². The molecule has 0 fully saturated rings. The Balaban J connectivity index is 2.44. The molecule has 0 aliphatic carbocycles. The van der Waals surface area contributed by atoms with Gasteiger partial charge in [0, 0.05) is 7.05 Å². The molecular weight excluding hydrogens is 270 g/mol. The number of halogens is 1. The van der Waals surface area contributed by atoms with Crippen LogP contribution in [-0.2, 0) is 7.05 Å². The Labute approximate surface area is 103 Å². The summed E-state index contributed by atoms with van der Waals surface area (Å²) in [5.74, 6) is 1.80. The van der Waals surface area contributed by atoms with E-state index in [2.05, 4.69) is 26.3 Å². The van der Waals surface area contributed by atoms with Gasteiger partial charge >= 0.3 is 0 Å². The van der Waals surface area contributed by atoms with E-state index >= 15 is 0 Å². The number of rotatable bonds is 3. The third-order valence-electron chi connectivity index (χ3n) is 2.55. The van der Waals surface area contributed by atoms with Gasteiger partial charge < -0.3 is 9.73 Å². The lowest BCUT2D eigenvalue weighted by atomic mass is 10.1. The number of aromatic nitrogens is 2. The van der Waals surface area contributed by atoms with E-state index in [1.165, 1.54) is 0 Å². The summed E-state index contributed by atoms with van der Waals surface area (Å²) in [4.78, 5) is 0. The predicted molar refractivity (Wildman–Crippen MR) is 65.3 cm³/mol. The van der Waals surface area contributed by atoms with Gasteiger partial charge in [0.15, 0.2) is 0 Å². The summed E-state index contributed by atoms with van der Waals surface area (Å²) in [7, 11) is 3.82. The van der Waals surface area contributed by atoms with Crippen LogP contribution in [0.2, 0.25) is 0 Å². The normalized spacial score (nSPS) is 13.0. The van der Waals surface area contributed by atoms with Crippen LogP contribution in [0.4, 0.5) is 0 Å². The Morgan fingerprint density at radius 2 is 2.25 bits per heavy atom. The average Bonchev–Trinajstić information content (AvgIpc) is 2.80. The molecule has 0 saturated heterocycles. The molecule has 2 rings (SSSR count). The highest BCUT2D eigenvalue weighted by Gasteiger charge is 2.21. The van der Waals surface area contributed by atoms with E-state index in [0.717, 1.165) is 21.7 Å². The van der Waals surface area contributed by atoms with Gasteiger partial charge in [-0.1, -0.05) is 0 Å². The van der Waals surface area contributed by atoms with Crippen molar-refractivity contribution < 1.29 is 4.42 Å². The van der Waals surface area contributed by atoms with Crippen LogP contribution in [0.5, 0.6) is 0 Å². The second-order valence-corrected chi connectivity index (χ2v) is 4.53. The predicted octanol–water partition coefficient (Wildman–Crippen LogP) is 2.39. The number of furan rings is 1. The molecule has 0 bridgehead atoms. The second kappa shape index (κ2) is 4.43. The Kier molecular flexibility index (Phi) is 3.16. The number of hydrogen-bond acceptors (Lipinski definition) is 3. The van der Waals surface area contributed by atoms with E-state index in [9.17, 15) is 0 Å². The Hall–Kier alpha value is -1.07. The minimum absolute atomic E-state index is 0.00979. The topological polar surface area (TPSA) is 43.0 Å². The first-order valence-corrected chi connectivity index (χ1v) is 5.83. The molecule has 0 saturated carbocycles. The fourth-order valence-electron chi connectivity index (χ4n) is 1.77. The molecule has 0 aliphatic heterocycles. The van der Waals surface area contributed by atoms with Crippen LogP contribution in [0.25, 0.3) is 0 Å². The van der Waals surface area contributed by atoms with Gasteiger partial charge in [-0.3, -0.25) is 4.68 Å². The van der Waals surface area contributed by atoms with E-state index in [4.69, 9.17) is 4.42 Å². The summed E-state index contributed by atoms with van der Waals surface area (Å²) in [5, 5.41) is 7.44. The molecule has 16 heavy (non-hydrogen) atoms. The summed E-state index contributed by atoms with van der Waals surface area (Å²) in [6.45, 7) is 1.94. The summed E-state index contributed by atoms with van der Waals surface area (Å²) in [6, 6.07) is 3.95. The molecule has 0 aromatic carbocycles. The fraction of sp³-hybridized carbons (Fsp3) is 0.364. The smallest absolute Gasteiger partial charge is 0.127 e. The molecule has 86 valence electrons. The van der Waals surface area contributed by atoms with E-state index in [0.29, 0.717) is 0 Å². The van der Waals surface area contributed by atoms with Gasteiger partial charge in [-0.25, -0.2) is 0 Å². The van der Waals surface area contributed by atoms with Crippen LogP contribution in [0.15, 0.2) is 27.2 Å². The zero-order chi connectivity index (χ0) is 11.7. The lowest BCUT2D eigenvalue weighted by Gasteiger charge is -2.14. The van der Waals surface area contributed by atoms with Crippen LogP contribution < -0.4 is 5.32 Å². The minimum Gasteiger partial charge on any atom is -0.464 e. The van der Waals surface area contributed by atoms with Crippen LogP contribution >= 0.6 is 15.9 Å². The van der Waals surface area contributed by atoms with Crippen molar-refractivity contribution in [1.29, 1.82) is 0 Å². The van der Waals surface area contributed by atoms with Crippen molar-refractivity contribution in [2.24, 2.45) is 7.05 Å². The summed E-state index contributed by atoms with van der Waals surface area (Å²) < 4.78 is 8.46. The zero-order valence-electron chi connectivity index (χ0n) is 9.49. The Bertz CT molecular complexity index is 470. The maximum Gasteiger partial charge on any atom is 0.127 e. The number of aryl methyl sites for hydroxylation is 2. The van der Waals surface area contributed by atoms with Crippen molar-refractivity contribution in [3.8, 4) is 0 Å². The molecule has 5 heteroatoms. The lowest BCUT2D eigenvalue weighted by molar-refractivity contribution is 0.432. The number of nitrogens with zero attached hydrogens (tertiary/aromatic N) is 2. The molecular formula is C11H14BrN3O. The zero-order valence-corrected chi connectivity index (χ0v) is 11.1. The molecule has 0 spiro atoms. The molecule has 0 aliphatic rings. The highest BCUT2D eigenvalue weighted by molar-refractivity contribution is 9.10. The van der Waals surface area contributed by atoms with Gasteiger partial charge in [0.2, 0.25) is 0 Å². The molecule has 0 amide bonds. The van der Waals surface area contributed by atoms with E-state index in [-0.39, 0.29) is 6.04 Å². The van der Waals surface area contributed by atoms with Gasteiger partial charge in [0.1, 0.15) is 17.6 Å². The van der Waals surface area contributed by atoms with Crippen molar-refractivity contribution in [1.82, 2.24) is 15.1 Å². The van der Waals surface area contributed by atoms with Gasteiger partial charge in [-0.2, -0.15) is 5.10 Å². The molecule has 2 aromatic heterocycles. The SMILES string of the molecule is CNC(c1ccc(C)o1)c1c(Br)cnn1C. The standard InChI is InChI=1S/C11H14BrN3O/c1-7-4-5-9(16-7)10(13-2)11-8(12)6-14-15(11)3/h4-6,10,13H,1-3H3. The van der Waals surface area contributed by atoms with E-state index < -0.39 is 0 Å². The molecule has 1 N–H and O–H groups in total. The molecule has 2 aromatic rings. The first-order chi connectivity index (χ1) is 7.63. The first-order valence-electron chi connectivity index (χ1n) is 5.04. The summed E-state index contributed by atoms with van der Waals surface area (Å²) in [5.41, 5.74) is 1.05. The third kappa shape index (κ3) is 1.92. The Morgan fingerprint density at radius 1 is 1.50 bits per heavy atom. The maximum atomic E-state index is 5.65. The van der Waals surface area contributed by atoms with Gasteiger partial charge in [-0.15, -0.1) is 0 Å². The largest absolute Gasteiger partial charge is 0.464 e. The molecule has 4 nitrogen and oxygen atoms in total. The molecule has 0 radical (unpaired) electrons. The Morgan fingerprint density at radius 3 is 2.69 bits per heavy atom. The first kappa shape index (κ1) is 11.4. The minimum atomic E-state index is 0.00979. The highest BCUT2D eigenvalue weighted by Crippen LogP contribution is 2.28. The summed E-state index contributed by atoms with van der Waals surface area (Å²) in [6.07, 6.45) is 1.79. The van der Waals surface area contributed by atoms with Gasteiger partial charge in [-0.05, 0) is 42.0 Å². The van der Waals surface area contributed by atoms with E-state index in [1.54, 1.807) is 6.20 Å². The van der Waals surface area contributed by atoms with Crippen molar-refractivity contribution in [2.45, 2.75) is 13.0 Å². The van der Waals surface area contributed by atoms with Crippen LogP contribution in [0.3, 0.4) is 0 Å². The molecule has 2 heterocycles. The monoisotopic (exact) mass is 283 g/mol. The fourth-order valence-corrected chi connectivity index (χ4v) is 2.34. The van der Waals surface area contributed by atoms with Crippen molar-refractivity contribution in [3.05, 3.63) is 40.0 Å². The van der Waals surface area contributed by atoms with E-state index in [1.807, 2.05) is 37.8 Å². The number of hydrogen-bond donors (Lipinski definition) is 1. The maximum absolute atomic E-state index is 5.65. The molecule has 1 atom stereocenters.